The van der Waals surface area contributed by atoms with Crippen molar-refractivity contribution >= 4 is 17.8 Å². The number of rotatable bonds is 9. The molecule has 1 aliphatic rings. The van der Waals surface area contributed by atoms with Gasteiger partial charge in [-0.2, -0.15) is 0 Å². The number of aliphatic hydroxyl groups excluding tert-OH is 3. The lowest BCUT2D eigenvalue weighted by atomic mass is 9.99. The van der Waals surface area contributed by atoms with Gasteiger partial charge in [0.15, 0.2) is 6.10 Å². The number of carbonyl (C=O) groups excluding carboxylic acids is 2. The third-order valence-corrected chi connectivity index (χ3v) is 4.48. The largest absolute Gasteiger partial charge is 0.479 e. The van der Waals surface area contributed by atoms with Crippen molar-refractivity contribution in [3.05, 3.63) is 29.8 Å². The van der Waals surface area contributed by atoms with Crippen LogP contribution in [0.2, 0.25) is 0 Å². The average molecular weight is 442 g/mol. The van der Waals surface area contributed by atoms with Crippen LogP contribution in [0, 0.1) is 0 Å². The number of ether oxygens (including phenoxy) is 3. The molecule has 1 fully saturated rings. The second-order valence-electron chi connectivity index (χ2n) is 6.92. The molecule has 5 unspecified atom stereocenters. The fourth-order valence-electron chi connectivity index (χ4n) is 2.88. The van der Waals surface area contributed by atoms with Gasteiger partial charge in [0, 0.05) is 20.6 Å². The summed E-state index contributed by atoms with van der Waals surface area (Å²) in [6, 6.07) is 5.36. The van der Waals surface area contributed by atoms with Crippen molar-refractivity contribution in [1.82, 2.24) is 10.6 Å². The number of amides is 2. The zero-order valence-corrected chi connectivity index (χ0v) is 16.9. The predicted octanol–water partition coefficient (Wildman–Crippen LogP) is -2.28. The van der Waals surface area contributed by atoms with Crippen molar-refractivity contribution in [3.8, 4) is 5.75 Å². The lowest BCUT2D eigenvalue weighted by Gasteiger charge is -2.38. The van der Waals surface area contributed by atoms with E-state index in [1.54, 1.807) is 12.1 Å². The van der Waals surface area contributed by atoms with Gasteiger partial charge in [-0.3, -0.25) is 9.59 Å². The SMILES string of the molecule is COC[C@@H](NC(C)=O)C(=O)NCc1ccc(OC2OC(C(=O)O)C(O)C(O)C2O)cc1. The minimum atomic E-state index is -1.81. The van der Waals surface area contributed by atoms with Crippen LogP contribution < -0.4 is 15.4 Å². The van der Waals surface area contributed by atoms with Gasteiger partial charge in [0.1, 0.15) is 30.1 Å². The lowest BCUT2D eigenvalue weighted by molar-refractivity contribution is -0.271. The number of hydrogen-bond donors (Lipinski definition) is 6. The van der Waals surface area contributed by atoms with E-state index in [0.717, 1.165) is 0 Å². The van der Waals surface area contributed by atoms with Crippen LogP contribution in [0.4, 0.5) is 0 Å². The fourth-order valence-corrected chi connectivity index (χ4v) is 2.88. The maximum atomic E-state index is 12.2. The van der Waals surface area contributed by atoms with Crippen molar-refractivity contribution in [2.75, 3.05) is 13.7 Å². The molecule has 0 saturated carbocycles. The number of hydrogen-bond acceptors (Lipinski definition) is 9. The maximum absolute atomic E-state index is 12.2. The third-order valence-electron chi connectivity index (χ3n) is 4.48. The Morgan fingerprint density at radius 3 is 2.29 bits per heavy atom. The maximum Gasteiger partial charge on any atom is 0.335 e. The Balaban J connectivity index is 1.95. The van der Waals surface area contributed by atoms with Gasteiger partial charge in [0.05, 0.1) is 6.61 Å². The van der Waals surface area contributed by atoms with Gasteiger partial charge in [0.25, 0.3) is 0 Å². The molecule has 0 aromatic heterocycles. The van der Waals surface area contributed by atoms with Gasteiger partial charge in [-0.15, -0.1) is 0 Å². The molecule has 0 radical (unpaired) electrons. The summed E-state index contributed by atoms with van der Waals surface area (Å²) in [6.07, 6.45) is -8.52. The molecule has 172 valence electrons. The Morgan fingerprint density at radius 2 is 1.74 bits per heavy atom. The van der Waals surface area contributed by atoms with Crippen molar-refractivity contribution in [2.24, 2.45) is 0 Å². The molecule has 6 N–H and O–H groups in total. The Kier molecular flexibility index (Phi) is 8.71. The Morgan fingerprint density at radius 1 is 1.10 bits per heavy atom. The number of benzene rings is 1. The highest BCUT2D eigenvalue weighted by Gasteiger charge is 2.48. The molecule has 0 spiro atoms. The van der Waals surface area contributed by atoms with Crippen molar-refractivity contribution in [3.63, 3.8) is 0 Å². The number of methoxy groups -OCH3 is 1. The molecule has 1 aromatic carbocycles. The minimum absolute atomic E-state index is 0.0137. The van der Waals surface area contributed by atoms with Crippen LogP contribution in [-0.2, 0) is 30.4 Å². The summed E-state index contributed by atoms with van der Waals surface area (Å²) in [6.45, 7) is 1.45. The standard InChI is InChI=1S/C19H26N2O10/c1-9(22)21-12(8-29-2)17(26)20-7-10-3-5-11(6-4-10)30-19-15(25)13(23)14(24)16(31-19)18(27)28/h3-6,12-16,19,23-25H,7-8H2,1-2H3,(H,20,26)(H,21,22)(H,27,28)/t12-,13?,14?,15?,16?,19?/m1/s1. The van der Waals surface area contributed by atoms with E-state index in [2.05, 4.69) is 10.6 Å². The van der Waals surface area contributed by atoms with E-state index >= 15 is 0 Å². The first-order valence-corrected chi connectivity index (χ1v) is 9.35. The number of nitrogens with one attached hydrogen (secondary N) is 2. The molecule has 1 saturated heterocycles. The third kappa shape index (κ3) is 6.60. The molecule has 1 aromatic rings. The molecular formula is C19H26N2O10. The van der Waals surface area contributed by atoms with Crippen LogP contribution in [-0.4, -0.2) is 88.7 Å². The van der Waals surface area contributed by atoms with Gasteiger partial charge < -0.3 is 45.3 Å². The van der Waals surface area contributed by atoms with Gasteiger partial charge in [-0.1, -0.05) is 12.1 Å². The first-order chi connectivity index (χ1) is 14.6. The molecule has 2 amide bonds. The summed E-state index contributed by atoms with van der Waals surface area (Å²) < 4.78 is 15.4. The van der Waals surface area contributed by atoms with Gasteiger partial charge in [0.2, 0.25) is 18.1 Å². The van der Waals surface area contributed by atoms with E-state index < -0.39 is 48.6 Å². The Hall–Kier alpha value is -2.77. The summed E-state index contributed by atoms with van der Waals surface area (Å²) >= 11 is 0. The first kappa shape index (κ1) is 24.5. The minimum Gasteiger partial charge on any atom is -0.479 e. The highest BCUT2D eigenvalue weighted by Crippen LogP contribution is 2.24. The molecule has 12 nitrogen and oxygen atoms in total. The topological polar surface area (TPSA) is 184 Å². The average Bonchev–Trinajstić information content (AvgIpc) is 2.72. The van der Waals surface area contributed by atoms with Crippen molar-refractivity contribution in [2.45, 2.75) is 50.2 Å². The number of carboxylic acid groups (broad SMARTS) is 1. The van der Waals surface area contributed by atoms with Crippen molar-refractivity contribution < 1.29 is 49.0 Å². The van der Waals surface area contributed by atoms with E-state index in [-0.39, 0.29) is 24.8 Å². The molecule has 1 heterocycles. The van der Waals surface area contributed by atoms with Crippen LogP contribution in [0.3, 0.4) is 0 Å². The summed E-state index contributed by atoms with van der Waals surface area (Å²) in [7, 11) is 1.41. The Labute approximate surface area is 177 Å². The summed E-state index contributed by atoms with van der Waals surface area (Å²) in [5.41, 5.74) is 0.684. The molecule has 0 aliphatic carbocycles. The predicted molar refractivity (Wildman–Crippen MR) is 103 cm³/mol. The summed E-state index contributed by atoms with van der Waals surface area (Å²) in [4.78, 5) is 34.5. The Bertz CT molecular complexity index is 771. The van der Waals surface area contributed by atoms with E-state index in [4.69, 9.17) is 19.3 Å². The first-order valence-electron chi connectivity index (χ1n) is 9.35. The van der Waals surface area contributed by atoms with E-state index in [0.29, 0.717) is 5.56 Å². The fraction of sp³-hybridized carbons (Fsp3) is 0.526. The quantitative estimate of drug-likeness (QED) is 0.244. The molecule has 1 aliphatic heterocycles. The lowest BCUT2D eigenvalue weighted by Crippen LogP contribution is -2.61. The number of carbonyl (C=O) groups is 3. The monoisotopic (exact) mass is 442 g/mol. The molecule has 2 rings (SSSR count). The summed E-state index contributed by atoms with van der Waals surface area (Å²) in [5.74, 6) is -2.11. The highest BCUT2D eigenvalue weighted by atomic mass is 16.7. The molecule has 12 heteroatoms. The molecule has 6 atom stereocenters. The highest BCUT2D eigenvalue weighted by molar-refractivity contribution is 5.86. The van der Waals surface area contributed by atoms with Crippen molar-refractivity contribution in [1.29, 1.82) is 0 Å². The zero-order chi connectivity index (χ0) is 23.1. The van der Waals surface area contributed by atoms with Crippen LogP contribution in [0.5, 0.6) is 5.75 Å². The number of aliphatic carboxylic acids is 1. The van der Waals surface area contributed by atoms with Crippen LogP contribution in [0.1, 0.15) is 12.5 Å². The van der Waals surface area contributed by atoms with Gasteiger partial charge >= 0.3 is 5.97 Å². The molecule has 31 heavy (non-hydrogen) atoms. The van der Waals surface area contributed by atoms with Crippen LogP contribution >= 0.6 is 0 Å². The summed E-state index contributed by atoms with van der Waals surface area (Å²) in [5, 5.41) is 43.7. The van der Waals surface area contributed by atoms with E-state index in [9.17, 15) is 29.7 Å². The van der Waals surface area contributed by atoms with Gasteiger partial charge in [-0.05, 0) is 17.7 Å². The smallest absolute Gasteiger partial charge is 0.335 e. The zero-order valence-electron chi connectivity index (χ0n) is 16.9. The van der Waals surface area contributed by atoms with Gasteiger partial charge in [-0.25, -0.2) is 4.79 Å². The molecular weight excluding hydrogens is 416 g/mol. The van der Waals surface area contributed by atoms with Crippen LogP contribution in [0.15, 0.2) is 24.3 Å². The van der Waals surface area contributed by atoms with E-state index in [1.807, 2.05) is 0 Å². The molecule has 0 bridgehead atoms. The second kappa shape index (κ2) is 11.0. The van der Waals surface area contributed by atoms with Crippen LogP contribution in [0.25, 0.3) is 0 Å². The van der Waals surface area contributed by atoms with E-state index in [1.165, 1.54) is 26.2 Å². The number of aliphatic hydroxyl groups is 3. The number of carboxylic acids is 1. The second-order valence-corrected chi connectivity index (χ2v) is 6.92. The normalized spacial score (nSPS) is 26.5.